The Balaban J connectivity index is 1.67. The third-order valence-electron chi connectivity index (χ3n) is 5.05. The summed E-state index contributed by atoms with van der Waals surface area (Å²) in [7, 11) is 0. The number of nitrogens with zero attached hydrogens (tertiary/aromatic N) is 4. The molecule has 4 rings (SSSR count). The standard InChI is InChI=1S/C21H23N7O2/c1-3-28-16-7-5-4-6-15(16)25-19(28)14(10-22)18-13(2)11-24-21(26-18)27-20(29)17-12-23-8-9-30-17/h4-7,11,17,23,25H,3,8-9,12H2,1-2H3,(H,24,26,27,29)/b19-14+. The van der Waals surface area contributed by atoms with Gasteiger partial charge in [0.25, 0.3) is 5.91 Å². The number of aromatic nitrogens is 2. The Labute approximate surface area is 174 Å². The van der Waals surface area contributed by atoms with Crippen molar-refractivity contribution in [2.24, 2.45) is 0 Å². The number of carbonyl (C=O) groups excluding carboxylic acids is 1. The number of anilines is 3. The number of carbonyl (C=O) groups is 1. The lowest BCUT2D eigenvalue weighted by Crippen LogP contribution is -2.45. The van der Waals surface area contributed by atoms with E-state index >= 15 is 0 Å². The summed E-state index contributed by atoms with van der Waals surface area (Å²) >= 11 is 0. The summed E-state index contributed by atoms with van der Waals surface area (Å²) in [4.78, 5) is 23.2. The van der Waals surface area contributed by atoms with E-state index in [1.807, 2.05) is 43.0 Å². The van der Waals surface area contributed by atoms with Gasteiger partial charge in [-0.05, 0) is 31.5 Å². The summed E-state index contributed by atoms with van der Waals surface area (Å²) < 4.78 is 5.47. The molecule has 0 spiro atoms. The van der Waals surface area contributed by atoms with Crippen molar-refractivity contribution in [1.82, 2.24) is 15.3 Å². The molecule has 0 radical (unpaired) electrons. The Morgan fingerprint density at radius 2 is 2.27 bits per heavy atom. The van der Waals surface area contributed by atoms with E-state index in [0.29, 0.717) is 36.8 Å². The molecule has 1 amide bonds. The van der Waals surface area contributed by atoms with E-state index < -0.39 is 6.10 Å². The van der Waals surface area contributed by atoms with Crippen LogP contribution in [0, 0.1) is 18.3 Å². The quantitative estimate of drug-likeness (QED) is 0.660. The van der Waals surface area contributed by atoms with Gasteiger partial charge in [0.05, 0.1) is 23.7 Å². The fraction of sp³-hybridized carbons (Fsp3) is 0.333. The lowest BCUT2D eigenvalue weighted by molar-refractivity contribution is -0.128. The number of amides is 1. The van der Waals surface area contributed by atoms with Gasteiger partial charge in [-0.15, -0.1) is 0 Å². The molecule has 9 heteroatoms. The van der Waals surface area contributed by atoms with Crippen molar-refractivity contribution in [3.63, 3.8) is 0 Å². The second kappa shape index (κ2) is 8.49. The molecule has 1 aromatic heterocycles. The maximum absolute atomic E-state index is 12.5. The normalized spacial score (nSPS) is 19.5. The zero-order chi connectivity index (χ0) is 21.1. The van der Waals surface area contributed by atoms with Crippen molar-refractivity contribution in [1.29, 1.82) is 5.26 Å². The van der Waals surface area contributed by atoms with Gasteiger partial charge in [-0.25, -0.2) is 9.97 Å². The van der Waals surface area contributed by atoms with Crippen LogP contribution >= 0.6 is 0 Å². The van der Waals surface area contributed by atoms with E-state index in [0.717, 1.165) is 23.5 Å². The molecule has 1 saturated heterocycles. The van der Waals surface area contributed by atoms with Crippen molar-refractivity contribution in [3.05, 3.63) is 47.5 Å². The number of rotatable bonds is 4. The predicted octanol–water partition coefficient (Wildman–Crippen LogP) is 1.86. The first-order valence-corrected chi connectivity index (χ1v) is 9.87. The van der Waals surface area contributed by atoms with Crippen LogP contribution < -0.4 is 20.9 Å². The number of ether oxygens (including phenoxy) is 1. The average molecular weight is 405 g/mol. The van der Waals surface area contributed by atoms with Gasteiger partial charge in [-0.2, -0.15) is 5.26 Å². The largest absolute Gasteiger partial charge is 0.366 e. The van der Waals surface area contributed by atoms with Crippen molar-refractivity contribution in [3.8, 4) is 6.07 Å². The number of nitriles is 1. The van der Waals surface area contributed by atoms with Gasteiger partial charge in [0.1, 0.15) is 23.6 Å². The Kier molecular flexibility index (Phi) is 5.61. The highest BCUT2D eigenvalue weighted by molar-refractivity contribution is 5.94. The number of benzene rings is 1. The lowest BCUT2D eigenvalue weighted by atomic mass is 10.1. The Hall–Kier alpha value is -3.48. The first-order valence-electron chi connectivity index (χ1n) is 9.87. The summed E-state index contributed by atoms with van der Waals surface area (Å²) in [5.74, 6) is 0.492. The van der Waals surface area contributed by atoms with Crippen molar-refractivity contribution < 1.29 is 9.53 Å². The van der Waals surface area contributed by atoms with E-state index in [2.05, 4.69) is 32.0 Å². The first-order chi connectivity index (χ1) is 14.6. The fourth-order valence-electron chi connectivity index (χ4n) is 3.55. The minimum atomic E-state index is -0.595. The number of para-hydroxylation sites is 2. The zero-order valence-corrected chi connectivity index (χ0v) is 16.9. The second-order valence-electron chi connectivity index (χ2n) is 7.00. The van der Waals surface area contributed by atoms with Crippen LogP contribution in [0.1, 0.15) is 18.2 Å². The number of morpholine rings is 1. The van der Waals surface area contributed by atoms with Crippen LogP contribution in [0.25, 0.3) is 5.57 Å². The Morgan fingerprint density at radius 3 is 3.00 bits per heavy atom. The molecule has 2 aliphatic rings. The molecule has 1 fully saturated rings. The number of nitrogens with one attached hydrogen (secondary N) is 3. The second-order valence-corrected chi connectivity index (χ2v) is 7.00. The summed E-state index contributed by atoms with van der Waals surface area (Å²) in [6.45, 7) is 6.18. The summed E-state index contributed by atoms with van der Waals surface area (Å²) in [5.41, 5.74) is 3.54. The molecule has 1 aromatic carbocycles. The average Bonchev–Trinajstić information content (AvgIpc) is 3.15. The van der Waals surface area contributed by atoms with Crippen LogP contribution in [-0.2, 0) is 9.53 Å². The van der Waals surface area contributed by atoms with Gasteiger partial charge in [0.15, 0.2) is 0 Å². The van der Waals surface area contributed by atoms with Gasteiger partial charge in [0, 0.05) is 25.8 Å². The van der Waals surface area contributed by atoms with Gasteiger partial charge in [-0.3, -0.25) is 10.1 Å². The molecule has 1 atom stereocenters. The van der Waals surface area contributed by atoms with E-state index in [4.69, 9.17) is 4.74 Å². The zero-order valence-electron chi connectivity index (χ0n) is 16.9. The van der Waals surface area contributed by atoms with E-state index in [1.165, 1.54) is 0 Å². The number of aryl methyl sites for hydroxylation is 1. The third kappa shape index (κ3) is 3.70. The maximum atomic E-state index is 12.5. The summed E-state index contributed by atoms with van der Waals surface area (Å²) in [6, 6.07) is 10.2. The maximum Gasteiger partial charge on any atom is 0.257 e. The van der Waals surface area contributed by atoms with Crippen molar-refractivity contribution in [2.75, 3.05) is 41.8 Å². The highest BCUT2D eigenvalue weighted by Gasteiger charge is 2.28. The minimum absolute atomic E-state index is 0.140. The monoisotopic (exact) mass is 405 g/mol. The van der Waals surface area contributed by atoms with E-state index in [9.17, 15) is 10.1 Å². The van der Waals surface area contributed by atoms with Gasteiger partial charge >= 0.3 is 0 Å². The summed E-state index contributed by atoms with van der Waals surface area (Å²) in [5, 5.41) is 19.1. The Bertz CT molecular complexity index is 1040. The van der Waals surface area contributed by atoms with Gasteiger partial charge in [0.2, 0.25) is 5.95 Å². The first kappa shape index (κ1) is 19.8. The Morgan fingerprint density at radius 1 is 1.43 bits per heavy atom. The predicted molar refractivity (Wildman–Crippen MR) is 114 cm³/mol. The smallest absolute Gasteiger partial charge is 0.257 e. The van der Waals surface area contributed by atoms with Crippen LogP contribution in [0.3, 0.4) is 0 Å². The molecule has 3 N–H and O–H groups in total. The molecular weight excluding hydrogens is 382 g/mol. The summed E-state index contributed by atoms with van der Waals surface area (Å²) in [6.07, 6.45) is 1.01. The molecule has 9 nitrogen and oxygen atoms in total. The number of allylic oxidation sites excluding steroid dienone is 1. The number of fused-ring (bicyclic) bond motifs is 1. The van der Waals surface area contributed by atoms with E-state index in [1.54, 1.807) is 6.20 Å². The molecular formula is C21H23N7O2. The van der Waals surface area contributed by atoms with Crippen LogP contribution in [0.2, 0.25) is 0 Å². The highest BCUT2D eigenvalue weighted by atomic mass is 16.5. The molecule has 30 heavy (non-hydrogen) atoms. The van der Waals surface area contributed by atoms with E-state index in [-0.39, 0.29) is 11.9 Å². The molecule has 0 aliphatic carbocycles. The molecule has 1 unspecified atom stereocenters. The molecule has 2 aromatic rings. The van der Waals surface area contributed by atoms with Crippen molar-refractivity contribution in [2.45, 2.75) is 20.0 Å². The topological polar surface area (TPSA) is 115 Å². The van der Waals surface area contributed by atoms with Gasteiger partial charge in [-0.1, -0.05) is 12.1 Å². The number of hydrogen-bond acceptors (Lipinski definition) is 8. The van der Waals surface area contributed by atoms with Crippen LogP contribution in [0.15, 0.2) is 36.3 Å². The van der Waals surface area contributed by atoms with Crippen LogP contribution in [0.5, 0.6) is 0 Å². The highest BCUT2D eigenvalue weighted by Crippen LogP contribution is 2.38. The lowest BCUT2D eigenvalue weighted by Gasteiger charge is -2.22. The molecule has 0 saturated carbocycles. The molecule has 0 bridgehead atoms. The van der Waals surface area contributed by atoms with Gasteiger partial charge < -0.3 is 20.3 Å². The third-order valence-corrected chi connectivity index (χ3v) is 5.05. The molecule has 3 heterocycles. The fourth-order valence-corrected chi connectivity index (χ4v) is 3.55. The van der Waals surface area contributed by atoms with Crippen LogP contribution in [-0.4, -0.2) is 48.2 Å². The SMILES string of the molecule is CCN1/C(=C(\C#N)c2nc(NC(=O)C3CNCCO3)ncc2C)Nc2ccccc21. The number of hydrogen-bond donors (Lipinski definition) is 3. The minimum Gasteiger partial charge on any atom is -0.366 e. The molecule has 154 valence electrons. The van der Waals surface area contributed by atoms with Crippen molar-refractivity contribution >= 4 is 28.8 Å². The molecule has 2 aliphatic heterocycles. The van der Waals surface area contributed by atoms with Crippen LogP contribution in [0.4, 0.5) is 17.3 Å².